The average Bonchev–Trinajstić information content (AvgIpc) is 3.01. The molecular formula is C13H16N4OS. The van der Waals surface area contributed by atoms with Crippen molar-refractivity contribution in [2.45, 2.75) is 18.9 Å². The molecule has 1 aliphatic heterocycles. The quantitative estimate of drug-likeness (QED) is 0.734. The summed E-state index contributed by atoms with van der Waals surface area (Å²) in [4.78, 5) is 15.1. The topological polar surface area (TPSA) is 61.9 Å². The number of aromatic nitrogens is 2. The summed E-state index contributed by atoms with van der Waals surface area (Å²) in [7, 11) is 1.91. The monoisotopic (exact) mass is 276 g/mol. The molecule has 0 unspecified atom stereocenters. The fourth-order valence-electron chi connectivity index (χ4n) is 2.44. The van der Waals surface area contributed by atoms with Crippen molar-refractivity contribution >= 4 is 34.8 Å². The number of benzene rings is 1. The molecule has 1 atom stereocenters. The Morgan fingerprint density at radius 1 is 1.53 bits per heavy atom. The number of rotatable bonds is 2. The van der Waals surface area contributed by atoms with Gasteiger partial charge in [-0.25, -0.2) is 0 Å². The van der Waals surface area contributed by atoms with Crippen LogP contribution in [0.4, 0.5) is 5.69 Å². The van der Waals surface area contributed by atoms with E-state index >= 15 is 0 Å². The van der Waals surface area contributed by atoms with Crippen molar-refractivity contribution in [1.29, 1.82) is 0 Å². The van der Waals surface area contributed by atoms with E-state index in [2.05, 4.69) is 15.6 Å². The molecule has 1 aromatic carbocycles. The van der Waals surface area contributed by atoms with Crippen LogP contribution < -0.4 is 10.6 Å². The van der Waals surface area contributed by atoms with E-state index in [0.717, 1.165) is 36.1 Å². The Hall–Kier alpha value is -1.66. The van der Waals surface area contributed by atoms with Crippen LogP contribution in [-0.2, 0) is 11.8 Å². The molecule has 100 valence electrons. The van der Waals surface area contributed by atoms with Gasteiger partial charge in [0.2, 0.25) is 5.91 Å². The maximum Gasteiger partial charge on any atom is 0.241 e. The lowest BCUT2D eigenvalue weighted by Gasteiger charge is -2.11. The van der Waals surface area contributed by atoms with E-state index in [1.165, 1.54) is 0 Å². The number of carbonyl (C=O) groups is 1. The fourth-order valence-corrected chi connectivity index (χ4v) is 2.65. The molecule has 5 nitrogen and oxygen atoms in total. The van der Waals surface area contributed by atoms with Gasteiger partial charge >= 0.3 is 0 Å². The number of nitrogens with one attached hydrogen (secondary N) is 3. The van der Waals surface area contributed by atoms with Crippen LogP contribution in [0.2, 0.25) is 0 Å². The zero-order valence-corrected chi connectivity index (χ0v) is 11.5. The number of carbonyl (C=O) groups excluding carboxylic acids is 1. The first kappa shape index (κ1) is 12.4. The molecule has 0 aliphatic carbocycles. The molecule has 0 spiro atoms. The third-order valence-corrected chi connectivity index (χ3v) is 3.93. The molecular weight excluding hydrogens is 260 g/mol. The lowest BCUT2D eigenvalue weighted by atomic mass is 10.2. The normalized spacial score (nSPS) is 18.9. The van der Waals surface area contributed by atoms with Crippen molar-refractivity contribution in [3.05, 3.63) is 23.0 Å². The van der Waals surface area contributed by atoms with Crippen LogP contribution in [0.15, 0.2) is 18.2 Å². The van der Waals surface area contributed by atoms with Crippen molar-refractivity contribution in [3.8, 4) is 0 Å². The molecule has 1 saturated heterocycles. The van der Waals surface area contributed by atoms with Gasteiger partial charge in [-0.15, -0.1) is 0 Å². The minimum absolute atomic E-state index is 0.0358. The van der Waals surface area contributed by atoms with Gasteiger partial charge in [0, 0.05) is 12.7 Å². The Morgan fingerprint density at radius 3 is 3.11 bits per heavy atom. The molecule has 3 N–H and O–H groups in total. The van der Waals surface area contributed by atoms with Gasteiger partial charge in [0.1, 0.15) is 0 Å². The highest BCUT2D eigenvalue weighted by Crippen LogP contribution is 2.19. The lowest BCUT2D eigenvalue weighted by Crippen LogP contribution is -2.35. The van der Waals surface area contributed by atoms with Gasteiger partial charge in [-0.1, -0.05) is 0 Å². The molecule has 2 heterocycles. The molecule has 0 radical (unpaired) electrons. The molecule has 1 fully saturated rings. The maximum absolute atomic E-state index is 12.0. The first-order valence-electron chi connectivity index (χ1n) is 6.38. The number of anilines is 1. The highest BCUT2D eigenvalue weighted by atomic mass is 32.1. The van der Waals surface area contributed by atoms with Crippen LogP contribution >= 0.6 is 12.2 Å². The molecule has 3 rings (SSSR count). The van der Waals surface area contributed by atoms with Gasteiger partial charge in [-0.3, -0.25) is 4.79 Å². The Balaban J connectivity index is 1.86. The van der Waals surface area contributed by atoms with E-state index in [-0.39, 0.29) is 11.9 Å². The average molecular weight is 276 g/mol. The van der Waals surface area contributed by atoms with Crippen molar-refractivity contribution < 1.29 is 4.79 Å². The second-order valence-electron chi connectivity index (χ2n) is 4.86. The molecule has 1 aromatic heterocycles. The minimum Gasteiger partial charge on any atom is -0.331 e. The lowest BCUT2D eigenvalue weighted by molar-refractivity contribution is -0.117. The number of aromatic amines is 1. The highest BCUT2D eigenvalue weighted by Gasteiger charge is 2.21. The number of fused-ring (bicyclic) bond motifs is 1. The van der Waals surface area contributed by atoms with Crippen molar-refractivity contribution in [1.82, 2.24) is 14.9 Å². The number of amides is 1. The van der Waals surface area contributed by atoms with Crippen LogP contribution in [0, 0.1) is 4.77 Å². The van der Waals surface area contributed by atoms with Crippen molar-refractivity contribution in [2.24, 2.45) is 7.05 Å². The third kappa shape index (κ3) is 2.29. The van der Waals surface area contributed by atoms with Crippen LogP contribution in [0.3, 0.4) is 0 Å². The number of imidazole rings is 1. The number of hydrogen-bond donors (Lipinski definition) is 3. The van der Waals surface area contributed by atoms with Gasteiger partial charge in [0.25, 0.3) is 0 Å². The summed E-state index contributed by atoms with van der Waals surface area (Å²) in [5, 5.41) is 6.14. The first-order valence-corrected chi connectivity index (χ1v) is 6.79. The van der Waals surface area contributed by atoms with E-state index in [0.29, 0.717) is 4.77 Å². The Labute approximate surface area is 116 Å². The molecule has 2 aromatic rings. The summed E-state index contributed by atoms with van der Waals surface area (Å²) in [5.74, 6) is 0.0358. The highest BCUT2D eigenvalue weighted by molar-refractivity contribution is 7.71. The molecule has 1 amide bonds. The van der Waals surface area contributed by atoms with Gasteiger partial charge in [-0.05, 0) is 49.8 Å². The van der Waals surface area contributed by atoms with Gasteiger partial charge in [-0.2, -0.15) is 0 Å². The van der Waals surface area contributed by atoms with Crippen molar-refractivity contribution in [3.63, 3.8) is 0 Å². The van der Waals surface area contributed by atoms with E-state index in [1.807, 2.05) is 29.8 Å². The largest absolute Gasteiger partial charge is 0.331 e. The van der Waals surface area contributed by atoms with Gasteiger partial charge in [0.05, 0.1) is 17.1 Å². The standard InChI is InChI=1S/C13H16N4OS/c1-17-11-7-8(4-5-9(11)16-13(17)19)15-12(18)10-3-2-6-14-10/h4-5,7,10,14H,2-3,6H2,1H3,(H,15,18)(H,16,19)/t10-/m1/s1. The van der Waals surface area contributed by atoms with E-state index in [4.69, 9.17) is 12.2 Å². The smallest absolute Gasteiger partial charge is 0.241 e. The third-order valence-electron chi connectivity index (χ3n) is 3.55. The van der Waals surface area contributed by atoms with Crippen LogP contribution in [-0.4, -0.2) is 28.0 Å². The second kappa shape index (κ2) is 4.79. The number of nitrogens with zero attached hydrogens (tertiary/aromatic N) is 1. The van der Waals surface area contributed by atoms with E-state index in [9.17, 15) is 4.79 Å². The van der Waals surface area contributed by atoms with Crippen LogP contribution in [0.25, 0.3) is 11.0 Å². The molecule has 6 heteroatoms. The summed E-state index contributed by atoms with van der Waals surface area (Å²) >= 11 is 5.18. The van der Waals surface area contributed by atoms with Crippen LogP contribution in [0.1, 0.15) is 12.8 Å². The summed E-state index contributed by atoms with van der Waals surface area (Å²) < 4.78 is 2.57. The molecule has 1 aliphatic rings. The van der Waals surface area contributed by atoms with Crippen LogP contribution in [0.5, 0.6) is 0 Å². The first-order chi connectivity index (χ1) is 9.15. The molecule has 19 heavy (non-hydrogen) atoms. The molecule has 0 saturated carbocycles. The Bertz CT molecular complexity index is 681. The van der Waals surface area contributed by atoms with E-state index in [1.54, 1.807) is 0 Å². The van der Waals surface area contributed by atoms with E-state index < -0.39 is 0 Å². The SMILES string of the molecule is Cn1c(=S)[nH]c2ccc(NC(=O)[C@H]3CCCN3)cc21. The zero-order chi connectivity index (χ0) is 13.4. The fraction of sp³-hybridized carbons (Fsp3) is 0.385. The second-order valence-corrected chi connectivity index (χ2v) is 5.25. The zero-order valence-electron chi connectivity index (χ0n) is 10.7. The number of hydrogen-bond acceptors (Lipinski definition) is 3. The summed E-state index contributed by atoms with van der Waals surface area (Å²) in [6.07, 6.45) is 1.96. The Kier molecular flexibility index (Phi) is 3.12. The predicted octanol–water partition coefficient (Wildman–Crippen LogP) is 1.93. The number of aryl methyl sites for hydroxylation is 1. The van der Waals surface area contributed by atoms with Gasteiger partial charge < -0.3 is 20.2 Å². The van der Waals surface area contributed by atoms with Gasteiger partial charge in [0.15, 0.2) is 4.77 Å². The summed E-state index contributed by atoms with van der Waals surface area (Å²) in [5.41, 5.74) is 2.77. The summed E-state index contributed by atoms with van der Waals surface area (Å²) in [6, 6.07) is 5.70. The summed E-state index contributed by atoms with van der Waals surface area (Å²) in [6.45, 7) is 0.920. The Morgan fingerprint density at radius 2 is 2.37 bits per heavy atom. The van der Waals surface area contributed by atoms with Crippen molar-refractivity contribution in [2.75, 3.05) is 11.9 Å². The maximum atomic E-state index is 12.0. The molecule has 0 bridgehead atoms. The minimum atomic E-state index is -0.0646. The predicted molar refractivity (Wildman–Crippen MR) is 77.8 cm³/mol. The number of H-pyrrole nitrogens is 1.